The molecule has 0 aliphatic carbocycles. The number of aromatic nitrogens is 3. The number of rotatable bonds is 5. The Kier molecular flexibility index (Phi) is 6.13. The minimum absolute atomic E-state index is 0.541. The van der Waals surface area contributed by atoms with E-state index in [-0.39, 0.29) is 0 Å². The number of nitrogens with zero attached hydrogens (tertiary/aromatic N) is 5. The summed E-state index contributed by atoms with van der Waals surface area (Å²) in [5, 5.41) is 19.5. The second-order valence-electron chi connectivity index (χ2n) is 7.69. The topological polar surface area (TPSA) is 80.6 Å². The molecule has 0 bridgehead atoms. The number of alkyl halides is 3. The molecule has 0 amide bonds. The molecular weight excluding hydrogens is 421 g/mol. The maximum absolute atomic E-state index is 12.7. The first-order valence-electron chi connectivity index (χ1n) is 10.2. The van der Waals surface area contributed by atoms with Gasteiger partial charge in [-0.3, -0.25) is 10.00 Å². The molecule has 1 aliphatic rings. The zero-order valence-corrected chi connectivity index (χ0v) is 17.5. The molecule has 0 radical (unpaired) electrons. The average Bonchev–Trinajstić information content (AvgIpc) is 3.27. The zero-order valence-electron chi connectivity index (χ0n) is 17.5. The Morgan fingerprint density at radius 3 is 2.41 bits per heavy atom. The van der Waals surface area contributed by atoms with Crippen molar-refractivity contribution in [1.29, 1.82) is 0 Å². The number of nitrogens with one attached hydrogen (secondary N) is 1. The van der Waals surface area contributed by atoms with E-state index in [1.54, 1.807) is 6.92 Å². The minimum atomic E-state index is -4.38. The predicted molar refractivity (Wildman–Crippen MR) is 115 cm³/mol. The molecule has 10 heteroatoms. The van der Waals surface area contributed by atoms with Gasteiger partial charge in [0.25, 0.3) is 0 Å². The molecule has 1 fully saturated rings. The lowest BCUT2D eigenvalue weighted by Crippen LogP contribution is -2.46. The van der Waals surface area contributed by atoms with Gasteiger partial charge in [0.2, 0.25) is 0 Å². The summed E-state index contributed by atoms with van der Waals surface area (Å²) in [6.07, 6.45) is -1.61. The summed E-state index contributed by atoms with van der Waals surface area (Å²) < 4.78 is 38.2. The second-order valence-corrected chi connectivity index (χ2v) is 7.69. The first-order valence-corrected chi connectivity index (χ1v) is 10.2. The Hall–Kier alpha value is -3.40. The van der Waals surface area contributed by atoms with Crippen molar-refractivity contribution in [2.24, 2.45) is 5.16 Å². The summed E-state index contributed by atoms with van der Waals surface area (Å²) in [7, 11) is 0. The molecule has 3 aromatic rings. The van der Waals surface area contributed by atoms with Gasteiger partial charge < -0.3 is 10.1 Å². The van der Waals surface area contributed by atoms with Crippen molar-refractivity contribution in [2.75, 3.05) is 31.1 Å². The lowest BCUT2D eigenvalue weighted by atomic mass is 10.0. The first kappa shape index (κ1) is 21.8. The second kappa shape index (κ2) is 8.99. The van der Waals surface area contributed by atoms with E-state index in [1.165, 1.54) is 6.07 Å². The van der Waals surface area contributed by atoms with E-state index < -0.39 is 11.7 Å². The highest BCUT2D eigenvalue weighted by Crippen LogP contribution is 2.29. The molecule has 1 saturated heterocycles. The number of hydrogen-bond donors (Lipinski definition) is 2. The molecule has 0 spiro atoms. The van der Waals surface area contributed by atoms with Crippen LogP contribution >= 0.6 is 0 Å². The number of oxime groups is 1. The Labute approximate surface area is 183 Å². The minimum Gasteiger partial charge on any atom is -0.411 e. The van der Waals surface area contributed by atoms with Gasteiger partial charge in [-0.1, -0.05) is 29.4 Å². The standard InChI is InChI=1S/C22H23F3N6O/c1-15(29-32)16-2-4-17(5-3-16)21-18(12-27-28-21)14-30-8-10-31(11-9-30)20-7-6-19(13-26-20)22(23,24)25/h2-7,12-13,32H,8-11,14H2,1H3,(H,27,28)/b29-15+. The number of hydrogen-bond acceptors (Lipinski definition) is 6. The summed E-state index contributed by atoms with van der Waals surface area (Å²) in [6.45, 7) is 5.32. The predicted octanol–water partition coefficient (Wildman–Crippen LogP) is 4.01. The third-order valence-corrected chi connectivity index (χ3v) is 5.61. The van der Waals surface area contributed by atoms with E-state index in [2.05, 4.69) is 25.2 Å². The van der Waals surface area contributed by atoms with Crippen molar-refractivity contribution in [3.8, 4) is 11.3 Å². The molecule has 1 aliphatic heterocycles. The van der Waals surface area contributed by atoms with Crippen molar-refractivity contribution in [3.05, 3.63) is 65.5 Å². The maximum Gasteiger partial charge on any atom is 0.417 e. The van der Waals surface area contributed by atoms with E-state index in [1.807, 2.05) is 35.4 Å². The summed E-state index contributed by atoms with van der Waals surface area (Å²) in [6, 6.07) is 10.2. The van der Waals surface area contributed by atoms with E-state index in [0.29, 0.717) is 31.2 Å². The van der Waals surface area contributed by atoms with Gasteiger partial charge in [-0.15, -0.1) is 0 Å². The SMILES string of the molecule is C/C(=N\O)c1ccc(-c2n[nH]cc2CN2CCN(c3ccc(C(F)(F)F)cn3)CC2)cc1. The monoisotopic (exact) mass is 444 g/mol. The molecule has 0 unspecified atom stereocenters. The Morgan fingerprint density at radius 2 is 1.81 bits per heavy atom. The number of piperazine rings is 1. The maximum atomic E-state index is 12.7. The van der Waals surface area contributed by atoms with Crippen LogP contribution in [0, 0.1) is 0 Å². The molecule has 0 atom stereocenters. The lowest BCUT2D eigenvalue weighted by Gasteiger charge is -2.35. The number of aromatic amines is 1. The zero-order chi connectivity index (χ0) is 22.7. The van der Waals surface area contributed by atoms with Gasteiger partial charge in [-0.2, -0.15) is 18.3 Å². The third kappa shape index (κ3) is 4.75. The van der Waals surface area contributed by atoms with Gasteiger partial charge in [-0.05, 0) is 24.6 Å². The van der Waals surface area contributed by atoms with Crippen LogP contribution in [0.3, 0.4) is 0 Å². The summed E-state index contributed by atoms with van der Waals surface area (Å²) in [4.78, 5) is 8.28. The smallest absolute Gasteiger partial charge is 0.411 e. The molecular formula is C22H23F3N6O. The van der Waals surface area contributed by atoms with Gasteiger partial charge in [0, 0.05) is 56.2 Å². The van der Waals surface area contributed by atoms with E-state index in [4.69, 9.17) is 5.21 Å². The average molecular weight is 444 g/mol. The van der Waals surface area contributed by atoms with Crippen molar-refractivity contribution >= 4 is 11.5 Å². The van der Waals surface area contributed by atoms with Gasteiger partial charge in [-0.25, -0.2) is 4.98 Å². The molecule has 2 N–H and O–H groups in total. The van der Waals surface area contributed by atoms with Gasteiger partial charge >= 0.3 is 6.18 Å². The highest BCUT2D eigenvalue weighted by Gasteiger charge is 2.31. The Balaban J connectivity index is 1.38. The van der Waals surface area contributed by atoms with Crippen LogP contribution in [-0.2, 0) is 12.7 Å². The van der Waals surface area contributed by atoms with Crippen molar-refractivity contribution in [1.82, 2.24) is 20.1 Å². The normalized spacial score (nSPS) is 15.9. The summed E-state index contributed by atoms with van der Waals surface area (Å²) in [5.74, 6) is 0.559. The fourth-order valence-electron chi connectivity index (χ4n) is 3.73. The van der Waals surface area contributed by atoms with Gasteiger partial charge in [0.05, 0.1) is 17.0 Å². The number of benzene rings is 1. The molecule has 2 aromatic heterocycles. The number of halogens is 3. The van der Waals surface area contributed by atoms with Crippen LogP contribution in [0.5, 0.6) is 0 Å². The molecule has 168 valence electrons. The highest BCUT2D eigenvalue weighted by atomic mass is 19.4. The largest absolute Gasteiger partial charge is 0.417 e. The molecule has 1 aromatic carbocycles. The van der Waals surface area contributed by atoms with Crippen LogP contribution in [0.15, 0.2) is 53.9 Å². The number of pyridine rings is 1. The quantitative estimate of drug-likeness (QED) is 0.353. The molecule has 3 heterocycles. The van der Waals surface area contributed by atoms with Crippen LogP contribution in [0.1, 0.15) is 23.6 Å². The third-order valence-electron chi connectivity index (χ3n) is 5.61. The number of anilines is 1. The molecule has 7 nitrogen and oxygen atoms in total. The van der Waals surface area contributed by atoms with Crippen molar-refractivity contribution in [2.45, 2.75) is 19.6 Å². The van der Waals surface area contributed by atoms with Crippen molar-refractivity contribution < 1.29 is 18.4 Å². The van der Waals surface area contributed by atoms with E-state index in [9.17, 15) is 13.2 Å². The summed E-state index contributed by atoms with van der Waals surface area (Å²) >= 11 is 0. The summed E-state index contributed by atoms with van der Waals surface area (Å²) in [5.41, 5.74) is 3.52. The molecule has 4 rings (SSSR count). The van der Waals surface area contributed by atoms with Crippen LogP contribution in [0.4, 0.5) is 19.0 Å². The highest BCUT2D eigenvalue weighted by molar-refractivity contribution is 5.98. The van der Waals surface area contributed by atoms with E-state index >= 15 is 0 Å². The Bertz CT molecular complexity index is 1070. The van der Waals surface area contributed by atoms with Crippen LogP contribution < -0.4 is 4.90 Å². The fourth-order valence-corrected chi connectivity index (χ4v) is 3.73. The molecule has 0 saturated carbocycles. The first-order chi connectivity index (χ1) is 15.3. The fraction of sp³-hybridized carbons (Fsp3) is 0.318. The van der Waals surface area contributed by atoms with Gasteiger partial charge in [0.15, 0.2) is 0 Å². The van der Waals surface area contributed by atoms with Crippen molar-refractivity contribution in [3.63, 3.8) is 0 Å². The molecule has 32 heavy (non-hydrogen) atoms. The van der Waals surface area contributed by atoms with Crippen LogP contribution in [0.2, 0.25) is 0 Å². The van der Waals surface area contributed by atoms with E-state index in [0.717, 1.165) is 47.7 Å². The lowest BCUT2D eigenvalue weighted by molar-refractivity contribution is -0.137. The van der Waals surface area contributed by atoms with Gasteiger partial charge in [0.1, 0.15) is 5.82 Å². The number of H-pyrrole nitrogens is 1. The van der Waals surface area contributed by atoms with Crippen LogP contribution in [0.25, 0.3) is 11.3 Å². The Morgan fingerprint density at radius 1 is 1.09 bits per heavy atom. The van der Waals surface area contributed by atoms with Crippen LogP contribution in [-0.4, -0.2) is 57.2 Å².